The Hall–Kier alpha value is -2.43. The first-order chi connectivity index (χ1) is 8.56. The summed E-state index contributed by atoms with van der Waals surface area (Å²) in [5.41, 5.74) is 0.337. The van der Waals surface area contributed by atoms with E-state index in [2.05, 4.69) is 4.94 Å². The van der Waals surface area contributed by atoms with Gasteiger partial charge in [0.15, 0.2) is 0 Å². The fourth-order valence-corrected chi connectivity index (χ4v) is 1.96. The molecule has 1 N–H and O–H groups in total. The number of carbonyl (C=O) groups excluding carboxylic acids is 1. The van der Waals surface area contributed by atoms with Gasteiger partial charge in [-0.3, -0.25) is 0 Å². The summed E-state index contributed by atoms with van der Waals surface area (Å²) in [6, 6.07) is 7.85. The Labute approximate surface area is 102 Å². The number of carboxylic acids is 1. The average Bonchev–Trinajstić information content (AvgIpc) is 2.37. The summed E-state index contributed by atoms with van der Waals surface area (Å²) in [7, 11) is 0. The maximum Gasteiger partial charge on any atom is 0.380 e. The van der Waals surface area contributed by atoms with Crippen LogP contribution in [0.25, 0.3) is 10.8 Å². The molecule has 0 saturated heterocycles. The van der Waals surface area contributed by atoms with Crippen LogP contribution in [0.5, 0.6) is 0 Å². The maximum atomic E-state index is 12.1. The second kappa shape index (κ2) is 4.44. The Balaban J connectivity index is 2.93. The third-order valence-electron chi connectivity index (χ3n) is 2.76. The van der Waals surface area contributed by atoms with Crippen LogP contribution in [0.1, 0.15) is 26.3 Å². The first kappa shape index (κ1) is 12.0. The van der Waals surface area contributed by atoms with Crippen LogP contribution in [-0.4, -0.2) is 17.0 Å². The molecule has 0 saturated carbocycles. The molecule has 0 unspecified atom stereocenters. The summed E-state index contributed by atoms with van der Waals surface area (Å²) in [5, 5.41) is 9.84. The van der Waals surface area contributed by atoms with E-state index in [1.54, 1.807) is 31.2 Å². The highest BCUT2D eigenvalue weighted by Gasteiger charge is 2.20. The second-order valence-corrected chi connectivity index (χ2v) is 3.83. The van der Waals surface area contributed by atoms with Crippen LogP contribution < -0.4 is 0 Å². The Bertz CT molecular complexity index is 649. The SMILES string of the molecule is Cc1ccc2cccc(C(=O)O)c2c1C(=O)OF. The standard InChI is InChI=1S/C13H9FO4/c1-7-5-6-8-3-2-4-9(12(15)16)11(8)10(7)13(17)18-14/h2-6H,1H3,(H,15,16). The Morgan fingerprint density at radius 2 is 1.94 bits per heavy atom. The molecule has 2 aromatic carbocycles. The number of benzene rings is 2. The number of carbonyl (C=O) groups is 2. The van der Waals surface area contributed by atoms with Gasteiger partial charge in [0.1, 0.15) is 0 Å². The molecule has 2 rings (SSSR count). The lowest BCUT2D eigenvalue weighted by molar-refractivity contribution is -0.0786. The monoisotopic (exact) mass is 248 g/mol. The molecule has 0 aliphatic heterocycles. The van der Waals surface area contributed by atoms with Crippen molar-refractivity contribution in [1.29, 1.82) is 0 Å². The molecule has 0 aromatic heterocycles. The van der Waals surface area contributed by atoms with Crippen molar-refractivity contribution in [3.63, 3.8) is 0 Å². The smallest absolute Gasteiger partial charge is 0.380 e. The van der Waals surface area contributed by atoms with Gasteiger partial charge in [-0.25, -0.2) is 14.5 Å². The van der Waals surface area contributed by atoms with Gasteiger partial charge < -0.3 is 5.11 Å². The first-order valence-corrected chi connectivity index (χ1v) is 5.14. The van der Waals surface area contributed by atoms with E-state index in [-0.39, 0.29) is 16.5 Å². The molecule has 5 heteroatoms. The van der Waals surface area contributed by atoms with Crippen LogP contribution in [0.2, 0.25) is 0 Å². The lowest BCUT2D eigenvalue weighted by Crippen LogP contribution is -2.07. The molecule has 0 radical (unpaired) electrons. The molecule has 0 fully saturated rings. The number of fused-ring (bicyclic) bond motifs is 1. The van der Waals surface area contributed by atoms with Gasteiger partial charge >= 0.3 is 11.9 Å². The van der Waals surface area contributed by atoms with Gasteiger partial charge in [0.25, 0.3) is 0 Å². The van der Waals surface area contributed by atoms with Crippen LogP contribution in [0.3, 0.4) is 0 Å². The van der Waals surface area contributed by atoms with Crippen molar-refractivity contribution in [2.45, 2.75) is 6.92 Å². The summed E-state index contributed by atoms with van der Waals surface area (Å²) in [5.74, 6) is -2.37. The van der Waals surface area contributed by atoms with Crippen LogP contribution >= 0.6 is 0 Å². The number of aromatic carboxylic acids is 1. The van der Waals surface area contributed by atoms with Gasteiger partial charge in [0.2, 0.25) is 0 Å². The van der Waals surface area contributed by atoms with Gasteiger partial charge in [0, 0.05) is 9.91 Å². The normalized spacial score (nSPS) is 10.3. The fraction of sp³-hybridized carbons (Fsp3) is 0.0769. The minimum absolute atomic E-state index is 0.0587. The van der Waals surface area contributed by atoms with Gasteiger partial charge in [0.05, 0.1) is 11.1 Å². The van der Waals surface area contributed by atoms with Crippen molar-refractivity contribution in [2.75, 3.05) is 0 Å². The lowest BCUT2D eigenvalue weighted by atomic mass is 9.95. The van der Waals surface area contributed by atoms with Crippen molar-refractivity contribution in [3.8, 4) is 0 Å². The molecule has 0 heterocycles. The summed E-state index contributed by atoms with van der Waals surface area (Å²) in [6.45, 7) is 1.59. The van der Waals surface area contributed by atoms with Crippen LogP contribution in [0, 0.1) is 6.92 Å². The van der Waals surface area contributed by atoms with Crippen molar-refractivity contribution < 1.29 is 24.2 Å². The number of aryl methyl sites for hydroxylation is 1. The van der Waals surface area contributed by atoms with E-state index >= 15 is 0 Å². The minimum atomic E-state index is -1.19. The Morgan fingerprint density at radius 1 is 1.22 bits per heavy atom. The second-order valence-electron chi connectivity index (χ2n) is 3.83. The van der Waals surface area contributed by atoms with Crippen molar-refractivity contribution in [3.05, 3.63) is 47.0 Å². The number of hydrogen-bond acceptors (Lipinski definition) is 3. The molecule has 92 valence electrons. The van der Waals surface area contributed by atoms with E-state index in [4.69, 9.17) is 5.11 Å². The fourth-order valence-electron chi connectivity index (χ4n) is 1.96. The lowest BCUT2D eigenvalue weighted by Gasteiger charge is -2.09. The van der Waals surface area contributed by atoms with E-state index in [1.165, 1.54) is 6.07 Å². The van der Waals surface area contributed by atoms with Crippen LogP contribution in [0.4, 0.5) is 4.53 Å². The third-order valence-corrected chi connectivity index (χ3v) is 2.76. The highest BCUT2D eigenvalue weighted by molar-refractivity contribution is 6.13. The summed E-state index contributed by atoms with van der Waals surface area (Å²) in [6.07, 6.45) is 0. The highest BCUT2D eigenvalue weighted by atomic mass is 19.3. The van der Waals surface area contributed by atoms with Crippen LogP contribution in [0.15, 0.2) is 30.3 Å². The van der Waals surface area contributed by atoms with Gasteiger partial charge in [-0.15, -0.1) is 0 Å². The average molecular weight is 248 g/mol. The van der Waals surface area contributed by atoms with Crippen molar-refractivity contribution in [1.82, 2.24) is 0 Å². The molecule has 4 nitrogen and oxygen atoms in total. The van der Waals surface area contributed by atoms with Gasteiger partial charge in [-0.1, -0.05) is 24.3 Å². The number of carboxylic acid groups (broad SMARTS) is 1. The minimum Gasteiger partial charge on any atom is -0.478 e. The van der Waals surface area contributed by atoms with Crippen molar-refractivity contribution in [2.24, 2.45) is 0 Å². The Morgan fingerprint density at radius 3 is 2.56 bits per heavy atom. The zero-order valence-corrected chi connectivity index (χ0v) is 9.44. The molecule has 18 heavy (non-hydrogen) atoms. The molecule has 0 aliphatic carbocycles. The van der Waals surface area contributed by atoms with Crippen molar-refractivity contribution >= 4 is 22.7 Å². The zero-order valence-electron chi connectivity index (χ0n) is 9.44. The quantitative estimate of drug-likeness (QED) is 0.887. The van der Waals surface area contributed by atoms with Crippen LogP contribution in [-0.2, 0) is 4.94 Å². The molecule has 2 aromatic rings. The summed E-state index contributed by atoms with van der Waals surface area (Å²) >= 11 is 0. The molecule has 0 spiro atoms. The topological polar surface area (TPSA) is 63.6 Å². The predicted molar refractivity (Wildman–Crippen MR) is 62.2 cm³/mol. The third kappa shape index (κ3) is 1.79. The molecule has 0 atom stereocenters. The highest BCUT2D eigenvalue weighted by Crippen LogP contribution is 2.26. The molecular formula is C13H9FO4. The van der Waals surface area contributed by atoms with E-state index in [1.807, 2.05) is 0 Å². The summed E-state index contributed by atoms with van der Waals surface area (Å²) in [4.78, 5) is 25.8. The maximum absolute atomic E-state index is 12.1. The van der Waals surface area contributed by atoms with Gasteiger partial charge in [-0.2, -0.15) is 0 Å². The summed E-state index contributed by atoms with van der Waals surface area (Å²) < 4.78 is 12.1. The number of rotatable bonds is 2. The predicted octanol–water partition coefficient (Wildman–Crippen LogP) is 2.89. The first-order valence-electron chi connectivity index (χ1n) is 5.14. The zero-order chi connectivity index (χ0) is 13.3. The molecular weight excluding hydrogens is 239 g/mol. The molecule has 0 aliphatic rings. The number of hydrogen-bond donors (Lipinski definition) is 1. The van der Waals surface area contributed by atoms with E-state index in [9.17, 15) is 14.1 Å². The Kier molecular flexibility index (Phi) is 2.97. The number of halogens is 1. The van der Waals surface area contributed by atoms with E-state index in [0.29, 0.717) is 10.9 Å². The van der Waals surface area contributed by atoms with E-state index < -0.39 is 11.9 Å². The molecule has 0 amide bonds. The van der Waals surface area contributed by atoms with Gasteiger partial charge in [-0.05, 0) is 23.9 Å². The van der Waals surface area contributed by atoms with E-state index in [0.717, 1.165) is 0 Å². The largest absolute Gasteiger partial charge is 0.478 e. The molecule has 0 bridgehead atoms.